The van der Waals surface area contributed by atoms with Crippen molar-refractivity contribution in [2.75, 3.05) is 33.8 Å². The van der Waals surface area contributed by atoms with Gasteiger partial charge in [-0.25, -0.2) is 0 Å². The summed E-state index contributed by atoms with van der Waals surface area (Å²) in [6.07, 6.45) is 3.32. The van der Waals surface area contributed by atoms with Gasteiger partial charge in [-0.15, -0.1) is 0 Å². The Morgan fingerprint density at radius 2 is 1.94 bits per heavy atom. The molecule has 0 spiro atoms. The second kappa shape index (κ2) is 8.09. The molecule has 0 aliphatic rings. The summed E-state index contributed by atoms with van der Waals surface area (Å²) in [4.78, 5) is 2.35. The number of rotatable bonds is 8. The summed E-state index contributed by atoms with van der Waals surface area (Å²) >= 11 is 0. The molecule has 0 heterocycles. The van der Waals surface area contributed by atoms with Gasteiger partial charge in [0.1, 0.15) is 5.75 Å². The zero-order chi connectivity index (χ0) is 12.5. The molecular formula is C14H24N2O. The number of hydrogen-bond donors (Lipinski definition) is 1. The minimum absolute atomic E-state index is 0.792. The summed E-state index contributed by atoms with van der Waals surface area (Å²) in [5.74, 6) is 0.989. The van der Waals surface area contributed by atoms with Gasteiger partial charge in [0.2, 0.25) is 0 Å². The first-order valence-electron chi connectivity index (χ1n) is 6.28. The van der Waals surface area contributed by atoms with Gasteiger partial charge in [-0.05, 0) is 51.0 Å². The highest BCUT2D eigenvalue weighted by atomic mass is 16.5. The van der Waals surface area contributed by atoms with Crippen LogP contribution in [0.3, 0.4) is 0 Å². The second-order valence-electron chi connectivity index (χ2n) is 4.36. The van der Waals surface area contributed by atoms with Gasteiger partial charge < -0.3 is 15.4 Å². The molecule has 0 unspecified atom stereocenters. The summed E-state index contributed by atoms with van der Waals surface area (Å²) in [5, 5.41) is 0. The van der Waals surface area contributed by atoms with E-state index < -0.39 is 0 Å². The van der Waals surface area contributed by atoms with E-state index in [0.29, 0.717) is 0 Å². The molecular weight excluding hydrogens is 212 g/mol. The van der Waals surface area contributed by atoms with Crippen molar-refractivity contribution in [2.24, 2.45) is 5.73 Å². The van der Waals surface area contributed by atoms with Crippen LogP contribution in [0.25, 0.3) is 0 Å². The van der Waals surface area contributed by atoms with Crippen LogP contribution in [-0.2, 0) is 6.42 Å². The molecule has 0 aliphatic heterocycles. The fourth-order valence-corrected chi connectivity index (χ4v) is 1.86. The van der Waals surface area contributed by atoms with E-state index >= 15 is 0 Å². The van der Waals surface area contributed by atoms with Crippen molar-refractivity contribution in [3.63, 3.8) is 0 Å². The number of para-hydroxylation sites is 1. The summed E-state index contributed by atoms with van der Waals surface area (Å²) < 4.78 is 5.34. The number of methoxy groups -OCH3 is 1. The molecule has 0 atom stereocenters. The van der Waals surface area contributed by atoms with Gasteiger partial charge in [0, 0.05) is 6.54 Å². The molecule has 0 bridgehead atoms. The van der Waals surface area contributed by atoms with Gasteiger partial charge >= 0.3 is 0 Å². The number of benzene rings is 1. The summed E-state index contributed by atoms with van der Waals surface area (Å²) in [5.41, 5.74) is 6.76. The molecule has 0 aromatic heterocycles. The third kappa shape index (κ3) is 5.20. The summed E-state index contributed by atoms with van der Waals surface area (Å²) in [6, 6.07) is 8.22. The normalized spacial score (nSPS) is 10.8. The Bertz CT molecular complexity index is 315. The van der Waals surface area contributed by atoms with Crippen molar-refractivity contribution >= 4 is 0 Å². The SMILES string of the molecule is COc1ccccc1CCN(C)CCCCN. The van der Waals surface area contributed by atoms with E-state index in [1.807, 2.05) is 12.1 Å². The Hall–Kier alpha value is -1.06. The summed E-state index contributed by atoms with van der Waals surface area (Å²) in [6.45, 7) is 2.97. The highest BCUT2D eigenvalue weighted by molar-refractivity contribution is 5.33. The number of unbranched alkanes of at least 4 members (excludes halogenated alkanes) is 1. The first-order chi connectivity index (χ1) is 8.27. The molecule has 0 radical (unpaired) electrons. The van der Waals surface area contributed by atoms with Crippen molar-refractivity contribution in [1.82, 2.24) is 4.90 Å². The number of hydrogen-bond acceptors (Lipinski definition) is 3. The topological polar surface area (TPSA) is 38.5 Å². The maximum absolute atomic E-state index is 5.48. The van der Waals surface area contributed by atoms with E-state index in [2.05, 4.69) is 24.1 Å². The lowest BCUT2D eigenvalue weighted by atomic mass is 10.1. The van der Waals surface area contributed by atoms with Gasteiger partial charge in [0.25, 0.3) is 0 Å². The van der Waals surface area contributed by atoms with Gasteiger partial charge in [0.15, 0.2) is 0 Å². The van der Waals surface area contributed by atoms with Crippen molar-refractivity contribution < 1.29 is 4.74 Å². The van der Waals surface area contributed by atoms with Crippen molar-refractivity contribution in [3.8, 4) is 5.75 Å². The van der Waals surface area contributed by atoms with Crippen molar-refractivity contribution in [1.29, 1.82) is 0 Å². The van der Waals surface area contributed by atoms with Crippen molar-refractivity contribution in [3.05, 3.63) is 29.8 Å². The van der Waals surface area contributed by atoms with E-state index in [1.54, 1.807) is 7.11 Å². The molecule has 1 aromatic rings. The quantitative estimate of drug-likeness (QED) is 0.701. The van der Waals surface area contributed by atoms with Crippen LogP contribution in [0.4, 0.5) is 0 Å². The number of nitrogens with two attached hydrogens (primary N) is 1. The lowest BCUT2D eigenvalue weighted by Gasteiger charge is -2.17. The molecule has 96 valence electrons. The Morgan fingerprint density at radius 1 is 1.18 bits per heavy atom. The lowest BCUT2D eigenvalue weighted by Crippen LogP contribution is -2.23. The Labute approximate surface area is 105 Å². The first kappa shape index (κ1) is 14.0. The average Bonchev–Trinajstić information content (AvgIpc) is 2.37. The largest absolute Gasteiger partial charge is 0.496 e. The molecule has 1 rings (SSSR count). The Kier molecular flexibility index (Phi) is 6.67. The predicted molar refractivity (Wildman–Crippen MR) is 72.5 cm³/mol. The van der Waals surface area contributed by atoms with E-state index in [4.69, 9.17) is 10.5 Å². The van der Waals surface area contributed by atoms with E-state index in [1.165, 1.54) is 12.0 Å². The van der Waals surface area contributed by atoms with Gasteiger partial charge in [-0.3, -0.25) is 0 Å². The van der Waals surface area contributed by atoms with Crippen LogP contribution in [-0.4, -0.2) is 38.7 Å². The zero-order valence-electron chi connectivity index (χ0n) is 11.0. The molecule has 0 saturated carbocycles. The third-order valence-corrected chi connectivity index (χ3v) is 2.95. The number of ether oxygens (including phenoxy) is 1. The molecule has 1 aromatic carbocycles. The lowest BCUT2D eigenvalue weighted by molar-refractivity contribution is 0.328. The van der Waals surface area contributed by atoms with Crippen LogP contribution >= 0.6 is 0 Å². The summed E-state index contributed by atoms with van der Waals surface area (Å²) in [7, 11) is 3.88. The molecule has 0 fully saturated rings. The molecule has 0 aliphatic carbocycles. The van der Waals surface area contributed by atoms with E-state index in [9.17, 15) is 0 Å². The molecule has 3 nitrogen and oxygen atoms in total. The minimum atomic E-state index is 0.792. The second-order valence-corrected chi connectivity index (χ2v) is 4.36. The highest BCUT2D eigenvalue weighted by Gasteiger charge is 2.03. The Morgan fingerprint density at radius 3 is 2.65 bits per heavy atom. The zero-order valence-corrected chi connectivity index (χ0v) is 11.0. The maximum atomic E-state index is 5.48. The first-order valence-corrected chi connectivity index (χ1v) is 6.28. The van der Waals surface area contributed by atoms with Crippen LogP contribution < -0.4 is 10.5 Å². The van der Waals surface area contributed by atoms with E-state index in [-0.39, 0.29) is 0 Å². The van der Waals surface area contributed by atoms with Crippen LogP contribution in [0, 0.1) is 0 Å². The molecule has 17 heavy (non-hydrogen) atoms. The third-order valence-electron chi connectivity index (χ3n) is 2.95. The van der Waals surface area contributed by atoms with Crippen LogP contribution in [0.2, 0.25) is 0 Å². The smallest absolute Gasteiger partial charge is 0.122 e. The highest BCUT2D eigenvalue weighted by Crippen LogP contribution is 2.17. The van der Waals surface area contributed by atoms with Crippen molar-refractivity contribution in [2.45, 2.75) is 19.3 Å². The monoisotopic (exact) mass is 236 g/mol. The van der Waals surface area contributed by atoms with E-state index in [0.717, 1.165) is 38.2 Å². The maximum Gasteiger partial charge on any atom is 0.122 e. The molecule has 0 saturated heterocycles. The number of likely N-dealkylation sites (N-methyl/N-ethyl adjacent to an activating group) is 1. The molecule has 0 amide bonds. The fraction of sp³-hybridized carbons (Fsp3) is 0.571. The standard InChI is InChI=1S/C14H24N2O/c1-16(11-6-5-10-15)12-9-13-7-3-4-8-14(13)17-2/h3-4,7-8H,5-6,9-12,15H2,1-2H3. The molecule has 2 N–H and O–H groups in total. The van der Waals surface area contributed by atoms with Crippen LogP contribution in [0.5, 0.6) is 5.75 Å². The van der Waals surface area contributed by atoms with Gasteiger partial charge in [0.05, 0.1) is 7.11 Å². The number of nitrogens with zero attached hydrogens (tertiary/aromatic N) is 1. The minimum Gasteiger partial charge on any atom is -0.496 e. The molecule has 3 heteroatoms. The fourth-order valence-electron chi connectivity index (χ4n) is 1.86. The van der Waals surface area contributed by atoms with Gasteiger partial charge in [-0.1, -0.05) is 18.2 Å². The average molecular weight is 236 g/mol. The van der Waals surface area contributed by atoms with Gasteiger partial charge in [-0.2, -0.15) is 0 Å². The Balaban J connectivity index is 2.33. The predicted octanol–water partition coefficient (Wildman–Crippen LogP) is 1.91. The van der Waals surface area contributed by atoms with Crippen LogP contribution in [0.1, 0.15) is 18.4 Å². The van der Waals surface area contributed by atoms with Crippen LogP contribution in [0.15, 0.2) is 24.3 Å².